The van der Waals surface area contributed by atoms with Crippen molar-refractivity contribution in [3.63, 3.8) is 0 Å². The van der Waals surface area contributed by atoms with Crippen LogP contribution in [0.3, 0.4) is 0 Å². The van der Waals surface area contributed by atoms with Crippen LogP contribution in [0.15, 0.2) is 61.1 Å². The van der Waals surface area contributed by atoms with E-state index in [4.69, 9.17) is 0 Å². The van der Waals surface area contributed by atoms with Crippen molar-refractivity contribution in [2.75, 3.05) is 0 Å². The number of hydrogen-bond acceptors (Lipinski definition) is 5. The standard InChI is InChI=1S/C18H11FN6O/c19-12-3-5-13(6-4-12)25-17-15(9-21-25)18-23-22-16(24(18)10-20-17)11-1-7-14(26)8-2-11/h1-10,26H. The van der Waals surface area contributed by atoms with Gasteiger partial charge in [0.1, 0.15) is 17.9 Å². The molecule has 0 saturated carbocycles. The molecular weight excluding hydrogens is 335 g/mol. The molecule has 5 rings (SSSR count). The number of phenolic OH excluding ortho intramolecular Hbond substituents is 1. The Kier molecular flexibility index (Phi) is 2.99. The van der Waals surface area contributed by atoms with Gasteiger partial charge in [0, 0.05) is 5.56 Å². The van der Waals surface area contributed by atoms with E-state index < -0.39 is 0 Å². The summed E-state index contributed by atoms with van der Waals surface area (Å²) in [5, 5.41) is 23.0. The molecule has 0 radical (unpaired) electrons. The highest BCUT2D eigenvalue weighted by molar-refractivity contribution is 5.90. The Morgan fingerprint density at radius 3 is 2.42 bits per heavy atom. The molecule has 26 heavy (non-hydrogen) atoms. The molecule has 0 amide bonds. The number of benzene rings is 2. The first-order valence-electron chi connectivity index (χ1n) is 7.83. The second-order valence-electron chi connectivity index (χ2n) is 5.78. The number of halogens is 1. The highest BCUT2D eigenvalue weighted by Gasteiger charge is 2.15. The van der Waals surface area contributed by atoms with Crippen LogP contribution in [-0.2, 0) is 0 Å². The number of fused-ring (bicyclic) bond motifs is 3. The molecule has 8 heteroatoms. The molecule has 0 atom stereocenters. The molecule has 0 fully saturated rings. The summed E-state index contributed by atoms with van der Waals surface area (Å²) >= 11 is 0. The van der Waals surface area contributed by atoms with Crippen molar-refractivity contribution in [1.82, 2.24) is 29.4 Å². The van der Waals surface area contributed by atoms with Gasteiger partial charge in [-0.15, -0.1) is 10.2 Å². The van der Waals surface area contributed by atoms with Crippen molar-refractivity contribution in [2.45, 2.75) is 0 Å². The van der Waals surface area contributed by atoms with Gasteiger partial charge in [-0.05, 0) is 48.5 Å². The SMILES string of the molecule is Oc1ccc(-c2nnc3c4cnn(-c5ccc(F)cc5)c4ncn23)cc1. The summed E-state index contributed by atoms with van der Waals surface area (Å²) in [6, 6.07) is 12.7. The highest BCUT2D eigenvalue weighted by Crippen LogP contribution is 2.25. The number of rotatable bonds is 2. The van der Waals surface area contributed by atoms with E-state index >= 15 is 0 Å². The normalized spacial score (nSPS) is 11.4. The summed E-state index contributed by atoms with van der Waals surface area (Å²) in [6.45, 7) is 0. The number of nitrogens with zero attached hydrogens (tertiary/aromatic N) is 6. The van der Waals surface area contributed by atoms with Crippen molar-refractivity contribution in [2.24, 2.45) is 0 Å². The minimum absolute atomic E-state index is 0.184. The van der Waals surface area contributed by atoms with E-state index in [2.05, 4.69) is 20.3 Å². The fourth-order valence-corrected chi connectivity index (χ4v) is 2.90. The van der Waals surface area contributed by atoms with Crippen molar-refractivity contribution in [3.8, 4) is 22.8 Å². The van der Waals surface area contributed by atoms with Crippen LogP contribution >= 0.6 is 0 Å². The summed E-state index contributed by atoms with van der Waals surface area (Å²) in [7, 11) is 0. The average molecular weight is 346 g/mol. The first kappa shape index (κ1) is 14.5. The summed E-state index contributed by atoms with van der Waals surface area (Å²) in [5.74, 6) is 0.490. The molecule has 1 N–H and O–H groups in total. The van der Waals surface area contributed by atoms with Crippen molar-refractivity contribution in [3.05, 3.63) is 66.9 Å². The quantitative estimate of drug-likeness (QED) is 0.531. The highest BCUT2D eigenvalue weighted by atomic mass is 19.1. The minimum Gasteiger partial charge on any atom is -0.508 e. The Balaban J connectivity index is 1.70. The first-order chi connectivity index (χ1) is 12.7. The lowest BCUT2D eigenvalue weighted by Crippen LogP contribution is -1.99. The van der Waals surface area contributed by atoms with Crippen LogP contribution in [0.4, 0.5) is 4.39 Å². The molecule has 0 unspecified atom stereocenters. The smallest absolute Gasteiger partial charge is 0.175 e. The predicted molar refractivity (Wildman–Crippen MR) is 92.5 cm³/mol. The predicted octanol–water partition coefficient (Wildman–Crippen LogP) is 2.97. The van der Waals surface area contributed by atoms with Crippen LogP contribution in [0.1, 0.15) is 0 Å². The molecule has 0 saturated heterocycles. The maximum atomic E-state index is 13.2. The molecule has 0 aliphatic heterocycles. The fourth-order valence-electron chi connectivity index (χ4n) is 2.90. The molecule has 0 aliphatic rings. The Bertz CT molecular complexity index is 1140. The Labute approximate surface area is 146 Å². The largest absolute Gasteiger partial charge is 0.508 e. The molecular formula is C18H11FN6O. The van der Waals surface area contributed by atoms with Gasteiger partial charge in [-0.3, -0.25) is 4.40 Å². The van der Waals surface area contributed by atoms with E-state index in [0.717, 1.165) is 10.9 Å². The fraction of sp³-hybridized carbons (Fsp3) is 0. The third kappa shape index (κ3) is 2.12. The Morgan fingerprint density at radius 2 is 1.65 bits per heavy atom. The molecule has 0 aliphatic carbocycles. The van der Waals surface area contributed by atoms with Gasteiger partial charge < -0.3 is 5.11 Å². The maximum absolute atomic E-state index is 13.2. The van der Waals surface area contributed by atoms with Crippen LogP contribution in [0.2, 0.25) is 0 Å². The van der Waals surface area contributed by atoms with E-state index in [1.54, 1.807) is 58.0 Å². The lowest BCUT2D eigenvalue weighted by Gasteiger charge is -2.03. The lowest BCUT2D eigenvalue weighted by molar-refractivity contribution is 0.475. The van der Waals surface area contributed by atoms with Crippen LogP contribution in [0.5, 0.6) is 5.75 Å². The van der Waals surface area contributed by atoms with Gasteiger partial charge in [-0.1, -0.05) is 0 Å². The van der Waals surface area contributed by atoms with E-state index in [-0.39, 0.29) is 11.6 Å². The van der Waals surface area contributed by atoms with Crippen LogP contribution < -0.4 is 0 Å². The van der Waals surface area contributed by atoms with Gasteiger partial charge >= 0.3 is 0 Å². The zero-order chi connectivity index (χ0) is 17.7. The summed E-state index contributed by atoms with van der Waals surface area (Å²) < 4.78 is 16.6. The first-order valence-corrected chi connectivity index (χ1v) is 7.83. The van der Waals surface area contributed by atoms with Crippen LogP contribution in [0, 0.1) is 5.82 Å². The Morgan fingerprint density at radius 1 is 0.885 bits per heavy atom. The van der Waals surface area contributed by atoms with Gasteiger partial charge in [0.05, 0.1) is 17.3 Å². The molecule has 126 valence electrons. The van der Waals surface area contributed by atoms with E-state index in [0.29, 0.717) is 22.8 Å². The number of hydrogen-bond donors (Lipinski definition) is 1. The summed E-state index contributed by atoms with van der Waals surface area (Å²) in [4.78, 5) is 4.48. The average Bonchev–Trinajstić information content (AvgIpc) is 3.27. The third-order valence-corrected chi connectivity index (χ3v) is 4.17. The Hall–Kier alpha value is -3.81. The number of phenols is 1. The van der Waals surface area contributed by atoms with Crippen molar-refractivity contribution >= 4 is 16.7 Å². The second kappa shape index (κ2) is 5.35. The van der Waals surface area contributed by atoms with E-state index in [9.17, 15) is 9.50 Å². The topological polar surface area (TPSA) is 81.1 Å². The van der Waals surface area contributed by atoms with Crippen LogP contribution in [0.25, 0.3) is 33.8 Å². The van der Waals surface area contributed by atoms with Crippen LogP contribution in [-0.4, -0.2) is 34.5 Å². The third-order valence-electron chi connectivity index (χ3n) is 4.17. The second-order valence-corrected chi connectivity index (χ2v) is 5.78. The zero-order valence-corrected chi connectivity index (χ0v) is 13.3. The maximum Gasteiger partial charge on any atom is 0.175 e. The van der Waals surface area contributed by atoms with Gasteiger partial charge in [0.2, 0.25) is 0 Å². The van der Waals surface area contributed by atoms with Gasteiger partial charge in [-0.25, -0.2) is 14.1 Å². The van der Waals surface area contributed by atoms with E-state index in [1.165, 1.54) is 12.1 Å². The summed E-state index contributed by atoms with van der Waals surface area (Å²) in [6.07, 6.45) is 3.29. The molecule has 2 aromatic carbocycles. The van der Waals surface area contributed by atoms with Gasteiger partial charge in [0.25, 0.3) is 0 Å². The number of aromatic hydroxyl groups is 1. The molecule has 0 spiro atoms. The van der Waals surface area contributed by atoms with Gasteiger partial charge in [0.15, 0.2) is 17.1 Å². The van der Waals surface area contributed by atoms with Gasteiger partial charge in [-0.2, -0.15) is 5.10 Å². The monoisotopic (exact) mass is 346 g/mol. The zero-order valence-electron chi connectivity index (χ0n) is 13.3. The summed E-state index contributed by atoms with van der Waals surface area (Å²) in [5.41, 5.74) is 2.74. The van der Waals surface area contributed by atoms with Crippen molar-refractivity contribution < 1.29 is 9.50 Å². The lowest BCUT2D eigenvalue weighted by atomic mass is 10.2. The van der Waals surface area contributed by atoms with Crippen molar-refractivity contribution in [1.29, 1.82) is 0 Å². The molecule has 3 aromatic heterocycles. The van der Waals surface area contributed by atoms with E-state index in [1.807, 2.05) is 0 Å². The molecule has 7 nitrogen and oxygen atoms in total. The number of aromatic nitrogens is 6. The molecule has 3 heterocycles. The molecule has 0 bridgehead atoms. The molecule has 5 aromatic rings. The minimum atomic E-state index is -0.309.